The van der Waals surface area contributed by atoms with Gasteiger partial charge < -0.3 is 15.1 Å². The van der Waals surface area contributed by atoms with E-state index in [2.05, 4.69) is 34.6 Å². The third-order valence-corrected chi connectivity index (χ3v) is 7.88. The lowest BCUT2D eigenvalue weighted by Crippen LogP contribution is -2.51. The summed E-state index contributed by atoms with van der Waals surface area (Å²) < 4.78 is 7.87. The summed E-state index contributed by atoms with van der Waals surface area (Å²) in [5.41, 5.74) is 0.224. The molecule has 2 bridgehead atoms. The minimum Gasteiger partial charge on any atom is -0.622 e. The average molecular weight is 338 g/mol. The second-order valence-corrected chi connectivity index (χ2v) is 9.19. The molecule has 1 aliphatic heterocycles. The average Bonchev–Trinajstić information content (AvgIpc) is 3.00. The molecule has 138 valence electrons. The van der Waals surface area contributed by atoms with Gasteiger partial charge in [0.15, 0.2) is 11.8 Å². The van der Waals surface area contributed by atoms with Crippen LogP contribution >= 0.6 is 0 Å². The first-order chi connectivity index (χ1) is 11.2. The van der Waals surface area contributed by atoms with Crippen molar-refractivity contribution in [1.29, 1.82) is 0 Å². The van der Waals surface area contributed by atoms with Crippen LogP contribution in [0.2, 0.25) is 0 Å². The molecule has 2 aliphatic carbocycles. The van der Waals surface area contributed by atoms with Crippen molar-refractivity contribution in [2.75, 3.05) is 0 Å². The Hall–Kier alpha value is -0.610. The van der Waals surface area contributed by atoms with Crippen LogP contribution in [0, 0.1) is 27.9 Å². The van der Waals surface area contributed by atoms with Gasteiger partial charge in [-0.15, -0.1) is 0 Å². The minimum absolute atomic E-state index is 0.0284. The highest BCUT2D eigenvalue weighted by Gasteiger charge is 2.74. The van der Waals surface area contributed by atoms with Crippen molar-refractivity contribution in [2.24, 2.45) is 22.7 Å². The highest BCUT2D eigenvalue weighted by atomic mass is 16.6. The fourth-order valence-corrected chi connectivity index (χ4v) is 5.81. The molecule has 0 radical (unpaired) electrons. The molecule has 24 heavy (non-hydrogen) atoms. The van der Waals surface area contributed by atoms with Gasteiger partial charge in [-0.05, 0) is 31.1 Å². The Morgan fingerprint density at radius 2 is 1.96 bits per heavy atom. The summed E-state index contributed by atoms with van der Waals surface area (Å²) in [6, 6.07) is 0. The van der Waals surface area contributed by atoms with Crippen molar-refractivity contribution in [3.8, 4) is 0 Å². The van der Waals surface area contributed by atoms with Crippen LogP contribution in [-0.4, -0.2) is 33.5 Å². The summed E-state index contributed by atoms with van der Waals surface area (Å²) in [7, 11) is 0. The van der Waals surface area contributed by atoms with E-state index < -0.39 is 11.8 Å². The Balaban J connectivity index is 2.04. The molecule has 0 saturated heterocycles. The number of nitrogens with zero attached hydrogens (tertiary/aromatic N) is 1. The molecule has 0 spiro atoms. The van der Waals surface area contributed by atoms with E-state index >= 15 is 0 Å². The van der Waals surface area contributed by atoms with E-state index in [1.165, 1.54) is 4.74 Å². The molecule has 0 aromatic carbocycles. The summed E-state index contributed by atoms with van der Waals surface area (Å²) in [5.74, 6) is 0.137. The molecule has 1 heterocycles. The maximum absolute atomic E-state index is 13.5. The van der Waals surface area contributed by atoms with Crippen LogP contribution in [0.1, 0.15) is 80.1 Å². The second kappa shape index (κ2) is 5.70. The first kappa shape index (κ1) is 18.2. The minimum atomic E-state index is -0.885. The number of hydroxylamine groups is 1. The van der Waals surface area contributed by atoms with E-state index in [0.29, 0.717) is 12.3 Å². The van der Waals surface area contributed by atoms with Gasteiger partial charge in [0.25, 0.3) is 5.72 Å². The van der Waals surface area contributed by atoms with E-state index in [4.69, 9.17) is 4.74 Å². The Bertz CT molecular complexity index is 543. The lowest BCUT2D eigenvalue weighted by atomic mass is 9.70. The van der Waals surface area contributed by atoms with Crippen molar-refractivity contribution >= 4 is 5.71 Å². The summed E-state index contributed by atoms with van der Waals surface area (Å²) >= 11 is 0. The molecule has 4 heteroatoms. The Morgan fingerprint density at radius 3 is 2.50 bits per heavy atom. The highest BCUT2D eigenvalue weighted by molar-refractivity contribution is 5.93. The zero-order chi connectivity index (χ0) is 17.9. The first-order valence-corrected chi connectivity index (χ1v) is 9.87. The smallest absolute Gasteiger partial charge is 0.283 e. The Kier molecular flexibility index (Phi) is 4.32. The van der Waals surface area contributed by atoms with Crippen LogP contribution in [0.4, 0.5) is 0 Å². The van der Waals surface area contributed by atoms with Gasteiger partial charge in [0.2, 0.25) is 0 Å². The van der Waals surface area contributed by atoms with Gasteiger partial charge in [-0.2, -0.15) is 4.74 Å². The molecule has 3 rings (SSSR count). The number of fused-ring (bicyclic) bond motifs is 5. The standard InChI is InChI=1S/C20H35NO3/c1-7-9-15(22)13(3)20(11-8-2)21(23)16-14-10-12-19(6,17(16)24-20)18(14,4)5/h13-15,17,22H,7-12H2,1-6H3/t13-,14+,15-,17+,19-,20-/m0/s1. The third kappa shape index (κ3) is 2.02. The van der Waals surface area contributed by atoms with E-state index in [1.807, 2.05) is 6.92 Å². The maximum Gasteiger partial charge on any atom is 0.283 e. The topological polar surface area (TPSA) is 55.5 Å². The van der Waals surface area contributed by atoms with E-state index in [1.54, 1.807) is 0 Å². The zero-order valence-electron chi connectivity index (χ0n) is 16.3. The summed E-state index contributed by atoms with van der Waals surface area (Å²) in [5, 5.41) is 24.1. The van der Waals surface area contributed by atoms with Gasteiger partial charge in [-0.1, -0.05) is 48.0 Å². The molecule has 0 aromatic heterocycles. The number of aliphatic hydroxyl groups excluding tert-OH is 1. The SMILES string of the molecule is CCC[C@H](O)[C@H](C)[C@]1(CCC)O[C@@H]2C(=[N+]1[O-])[C@H]1CC[C@]2(C)C1(C)C. The third-order valence-electron chi connectivity index (χ3n) is 7.88. The van der Waals surface area contributed by atoms with Crippen LogP contribution in [0.25, 0.3) is 0 Å². The predicted octanol–water partition coefficient (Wildman–Crippen LogP) is 4.09. The normalized spacial score (nSPS) is 42.5. The molecule has 2 fully saturated rings. The molecule has 6 atom stereocenters. The zero-order valence-corrected chi connectivity index (χ0v) is 16.3. The molecule has 0 aromatic rings. The summed E-state index contributed by atoms with van der Waals surface area (Å²) in [6.07, 6.45) is 4.85. The lowest BCUT2D eigenvalue weighted by Gasteiger charge is -2.41. The van der Waals surface area contributed by atoms with Crippen molar-refractivity contribution in [3.05, 3.63) is 5.21 Å². The highest BCUT2D eigenvalue weighted by Crippen LogP contribution is 2.67. The largest absolute Gasteiger partial charge is 0.622 e. The van der Waals surface area contributed by atoms with Crippen molar-refractivity contribution in [1.82, 2.24) is 0 Å². The Morgan fingerprint density at radius 1 is 1.29 bits per heavy atom. The fraction of sp³-hybridized carbons (Fsp3) is 0.950. The van der Waals surface area contributed by atoms with Crippen molar-refractivity contribution in [3.63, 3.8) is 0 Å². The van der Waals surface area contributed by atoms with Crippen LogP contribution in [0.5, 0.6) is 0 Å². The van der Waals surface area contributed by atoms with E-state index in [9.17, 15) is 10.3 Å². The van der Waals surface area contributed by atoms with E-state index in [-0.39, 0.29) is 22.9 Å². The summed E-state index contributed by atoms with van der Waals surface area (Å²) in [4.78, 5) is 0. The second-order valence-electron chi connectivity index (χ2n) is 9.19. The quantitative estimate of drug-likeness (QED) is 0.587. The summed E-state index contributed by atoms with van der Waals surface area (Å²) in [6.45, 7) is 13.1. The van der Waals surface area contributed by atoms with E-state index in [0.717, 1.165) is 37.8 Å². The van der Waals surface area contributed by atoms with Gasteiger partial charge in [-0.3, -0.25) is 0 Å². The molecule has 3 aliphatic rings. The molecule has 0 amide bonds. The van der Waals surface area contributed by atoms with Crippen molar-refractivity contribution in [2.45, 2.75) is 98.0 Å². The Labute approximate surface area is 146 Å². The monoisotopic (exact) mass is 337 g/mol. The number of hydrogen-bond acceptors (Lipinski definition) is 3. The van der Waals surface area contributed by atoms with Crippen molar-refractivity contribution < 1.29 is 14.6 Å². The molecular weight excluding hydrogens is 302 g/mol. The van der Waals surface area contributed by atoms with Gasteiger partial charge in [0.05, 0.1) is 12.0 Å². The molecular formula is C20H35NO3. The fourth-order valence-electron chi connectivity index (χ4n) is 5.81. The van der Waals surface area contributed by atoms with Gasteiger partial charge >= 0.3 is 0 Å². The van der Waals surface area contributed by atoms with Gasteiger partial charge in [0, 0.05) is 17.8 Å². The molecule has 1 N–H and O–H groups in total. The number of ether oxygens (including phenoxy) is 1. The molecule has 2 saturated carbocycles. The van der Waals surface area contributed by atoms with Crippen LogP contribution < -0.4 is 0 Å². The molecule has 0 unspecified atom stereocenters. The predicted molar refractivity (Wildman–Crippen MR) is 95.8 cm³/mol. The van der Waals surface area contributed by atoms with Crippen LogP contribution in [0.3, 0.4) is 0 Å². The molecule has 4 nitrogen and oxygen atoms in total. The number of hydrogen-bond donors (Lipinski definition) is 1. The van der Waals surface area contributed by atoms with Crippen LogP contribution in [0.15, 0.2) is 0 Å². The number of rotatable bonds is 6. The van der Waals surface area contributed by atoms with Gasteiger partial charge in [-0.25, -0.2) is 0 Å². The van der Waals surface area contributed by atoms with Gasteiger partial charge in [0.1, 0.15) is 0 Å². The lowest BCUT2D eigenvalue weighted by molar-refractivity contribution is -0.613. The first-order valence-electron chi connectivity index (χ1n) is 9.87. The maximum atomic E-state index is 13.5. The van der Waals surface area contributed by atoms with Crippen LogP contribution in [-0.2, 0) is 4.74 Å². The number of aliphatic hydroxyl groups is 1.